The van der Waals surface area contributed by atoms with Crippen molar-refractivity contribution >= 4 is 23.6 Å². The van der Waals surface area contributed by atoms with Crippen LogP contribution in [0.5, 0.6) is 0 Å². The summed E-state index contributed by atoms with van der Waals surface area (Å²) >= 11 is 0. The summed E-state index contributed by atoms with van der Waals surface area (Å²) in [4.78, 5) is 32.1. The maximum absolute atomic E-state index is 12.3. The number of carbonyl (C=O) groups excluding carboxylic acids is 2. The second-order valence-electron chi connectivity index (χ2n) is 8.17. The molecule has 2 aliphatic heterocycles. The Morgan fingerprint density at radius 2 is 2.07 bits per heavy atom. The fourth-order valence-electron chi connectivity index (χ4n) is 3.37. The number of nitrogens with one attached hydrogen (secondary N) is 2. The van der Waals surface area contributed by atoms with Crippen LogP contribution < -0.4 is 10.6 Å². The van der Waals surface area contributed by atoms with E-state index in [1.807, 2.05) is 45.0 Å². The van der Waals surface area contributed by atoms with Crippen molar-refractivity contribution in [3.63, 3.8) is 0 Å². The average molecular weight is 387 g/mol. The molecule has 0 bridgehead atoms. The monoisotopic (exact) mass is 387 g/mol. The third-order valence-corrected chi connectivity index (χ3v) is 4.56. The van der Waals surface area contributed by atoms with E-state index < -0.39 is 5.60 Å². The van der Waals surface area contributed by atoms with Crippen molar-refractivity contribution in [3.8, 4) is 0 Å². The molecule has 0 spiro atoms. The standard InChI is InChI=1S/C20H29N5O3/c1-14(26)23-16-7-5-6-15(10-16)11-21-18-22-12-17-13-24(8-9-25(17)18)19(27)28-20(2,3)4/h5-7,10,17H,8-9,11-13H2,1-4H3,(H,21,22)(H,23,26). The number of guanidine groups is 1. The van der Waals surface area contributed by atoms with E-state index >= 15 is 0 Å². The molecule has 1 unspecified atom stereocenters. The zero-order chi connectivity index (χ0) is 20.3. The first kappa shape index (κ1) is 20.0. The molecule has 1 atom stereocenters. The first-order valence-electron chi connectivity index (χ1n) is 9.61. The van der Waals surface area contributed by atoms with Crippen molar-refractivity contribution in [2.75, 3.05) is 31.5 Å². The number of rotatable bonds is 3. The van der Waals surface area contributed by atoms with Gasteiger partial charge in [0, 0.05) is 38.8 Å². The Morgan fingerprint density at radius 3 is 2.79 bits per heavy atom. The largest absolute Gasteiger partial charge is 0.444 e. The third-order valence-electron chi connectivity index (χ3n) is 4.56. The van der Waals surface area contributed by atoms with Crippen LogP contribution in [0.3, 0.4) is 0 Å². The number of ether oxygens (including phenoxy) is 1. The number of amides is 2. The van der Waals surface area contributed by atoms with E-state index in [2.05, 4.69) is 20.5 Å². The number of anilines is 1. The molecule has 1 aromatic rings. The Balaban J connectivity index is 1.52. The van der Waals surface area contributed by atoms with E-state index in [1.54, 1.807) is 4.90 Å². The van der Waals surface area contributed by atoms with E-state index in [9.17, 15) is 9.59 Å². The minimum absolute atomic E-state index is 0.0871. The van der Waals surface area contributed by atoms with Gasteiger partial charge in [-0.05, 0) is 38.5 Å². The highest BCUT2D eigenvalue weighted by Crippen LogP contribution is 2.19. The van der Waals surface area contributed by atoms with Gasteiger partial charge in [-0.3, -0.25) is 9.79 Å². The quantitative estimate of drug-likeness (QED) is 0.829. The lowest BCUT2D eigenvalue weighted by Crippen LogP contribution is -2.57. The summed E-state index contributed by atoms with van der Waals surface area (Å²) in [6.07, 6.45) is -0.261. The summed E-state index contributed by atoms with van der Waals surface area (Å²) in [6, 6.07) is 7.91. The number of carbonyl (C=O) groups is 2. The van der Waals surface area contributed by atoms with Crippen LogP contribution in [0.1, 0.15) is 33.3 Å². The minimum Gasteiger partial charge on any atom is -0.444 e. The highest BCUT2D eigenvalue weighted by molar-refractivity contribution is 5.88. The number of hydrogen-bond acceptors (Lipinski definition) is 6. The van der Waals surface area contributed by atoms with Gasteiger partial charge in [-0.2, -0.15) is 0 Å². The van der Waals surface area contributed by atoms with Crippen molar-refractivity contribution in [2.45, 2.75) is 45.9 Å². The lowest BCUT2D eigenvalue weighted by atomic mass is 10.2. The van der Waals surface area contributed by atoms with E-state index in [4.69, 9.17) is 4.74 Å². The molecule has 152 valence electrons. The van der Waals surface area contributed by atoms with Crippen LogP contribution >= 0.6 is 0 Å². The molecule has 0 radical (unpaired) electrons. The van der Waals surface area contributed by atoms with Crippen molar-refractivity contribution in [1.29, 1.82) is 0 Å². The molecule has 1 saturated heterocycles. The van der Waals surface area contributed by atoms with Gasteiger partial charge < -0.3 is 25.2 Å². The maximum atomic E-state index is 12.3. The predicted molar refractivity (Wildman–Crippen MR) is 108 cm³/mol. The Morgan fingerprint density at radius 1 is 1.29 bits per heavy atom. The van der Waals surface area contributed by atoms with E-state index in [0.717, 1.165) is 23.8 Å². The molecule has 0 saturated carbocycles. The molecule has 1 fully saturated rings. The Bertz CT molecular complexity index is 771. The van der Waals surface area contributed by atoms with Crippen LogP contribution in [-0.2, 0) is 16.1 Å². The summed E-state index contributed by atoms with van der Waals surface area (Å²) in [5.41, 5.74) is 1.35. The predicted octanol–water partition coefficient (Wildman–Crippen LogP) is 2.03. The minimum atomic E-state index is -0.487. The lowest BCUT2D eigenvalue weighted by Gasteiger charge is -2.39. The number of piperazine rings is 1. The van der Waals surface area contributed by atoms with Crippen LogP contribution in [-0.4, -0.2) is 65.6 Å². The van der Waals surface area contributed by atoms with Gasteiger partial charge in [0.25, 0.3) is 0 Å². The molecule has 0 aromatic heterocycles. The number of fused-ring (bicyclic) bond motifs is 1. The first-order chi connectivity index (χ1) is 13.2. The lowest BCUT2D eigenvalue weighted by molar-refractivity contribution is -0.114. The van der Waals surface area contributed by atoms with Gasteiger partial charge in [-0.1, -0.05) is 12.1 Å². The summed E-state index contributed by atoms with van der Waals surface area (Å²) in [5, 5.41) is 6.18. The van der Waals surface area contributed by atoms with Gasteiger partial charge in [-0.25, -0.2) is 4.79 Å². The number of hydrogen-bond donors (Lipinski definition) is 2. The van der Waals surface area contributed by atoms with E-state index in [1.165, 1.54) is 6.92 Å². The van der Waals surface area contributed by atoms with Crippen molar-refractivity contribution in [2.24, 2.45) is 4.99 Å². The number of benzene rings is 1. The molecule has 2 N–H and O–H groups in total. The van der Waals surface area contributed by atoms with Gasteiger partial charge in [0.1, 0.15) is 5.60 Å². The Kier molecular flexibility index (Phi) is 5.76. The molecular formula is C20H29N5O3. The van der Waals surface area contributed by atoms with Crippen molar-refractivity contribution in [3.05, 3.63) is 29.8 Å². The van der Waals surface area contributed by atoms with E-state index in [0.29, 0.717) is 26.2 Å². The van der Waals surface area contributed by atoms with Crippen LogP contribution in [0.25, 0.3) is 0 Å². The van der Waals surface area contributed by atoms with Crippen LogP contribution in [0.2, 0.25) is 0 Å². The van der Waals surface area contributed by atoms with Gasteiger partial charge >= 0.3 is 6.09 Å². The normalized spacial score (nSPS) is 19.0. The number of nitrogens with zero attached hydrogens (tertiary/aromatic N) is 3. The SMILES string of the molecule is CC(=O)Nc1cccc(CNC2=NCC3CN(C(=O)OC(C)(C)C)CCN23)c1. The summed E-state index contributed by atoms with van der Waals surface area (Å²) in [5.74, 6) is 0.773. The zero-order valence-corrected chi connectivity index (χ0v) is 17.0. The highest BCUT2D eigenvalue weighted by atomic mass is 16.6. The average Bonchev–Trinajstić information content (AvgIpc) is 3.00. The molecule has 28 heavy (non-hydrogen) atoms. The van der Waals surface area contributed by atoms with Gasteiger partial charge in [0.2, 0.25) is 5.91 Å². The molecule has 0 aliphatic carbocycles. The summed E-state index contributed by atoms with van der Waals surface area (Å²) in [7, 11) is 0. The molecular weight excluding hydrogens is 358 g/mol. The molecule has 2 aliphatic rings. The molecule has 1 aromatic carbocycles. The fourth-order valence-corrected chi connectivity index (χ4v) is 3.37. The van der Waals surface area contributed by atoms with E-state index in [-0.39, 0.29) is 18.0 Å². The third kappa shape index (κ3) is 5.15. The van der Waals surface area contributed by atoms with Gasteiger partial charge in [0.05, 0.1) is 12.6 Å². The topological polar surface area (TPSA) is 86.3 Å². The first-order valence-corrected chi connectivity index (χ1v) is 9.61. The summed E-state index contributed by atoms with van der Waals surface area (Å²) in [6.45, 7) is 10.4. The second kappa shape index (κ2) is 8.08. The molecule has 3 rings (SSSR count). The summed E-state index contributed by atoms with van der Waals surface area (Å²) < 4.78 is 5.48. The van der Waals surface area contributed by atoms with Crippen LogP contribution in [0.4, 0.5) is 10.5 Å². The van der Waals surface area contributed by atoms with Crippen molar-refractivity contribution < 1.29 is 14.3 Å². The Labute approximate surface area is 165 Å². The van der Waals surface area contributed by atoms with Crippen molar-refractivity contribution in [1.82, 2.24) is 15.1 Å². The van der Waals surface area contributed by atoms with Crippen LogP contribution in [0.15, 0.2) is 29.3 Å². The molecule has 8 heteroatoms. The zero-order valence-electron chi connectivity index (χ0n) is 17.0. The highest BCUT2D eigenvalue weighted by Gasteiger charge is 2.36. The molecule has 8 nitrogen and oxygen atoms in total. The number of aliphatic imine (C=N–C) groups is 1. The Hall–Kier alpha value is -2.77. The second-order valence-corrected chi connectivity index (χ2v) is 8.17. The van der Waals surface area contributed by atoms with Gasteiger partial charge in [-0.15, -0.1) is 0 Å². The van der Waals surface area contributed by atoms with Crippen LogP contribution in [0, 0.1) is 0 Å². The van der Waals surface area contributed by atoms with Gasteiger partial charge in [0.15, 0.2) is 5.96 Å². The maximum Gasteiger partial charge on any atom is 0.410 e. The molecule has 2 amide bonds. The molecule has 2 heterocycles. The fraction of sp³-hybridized carbons (Fsp3) is 0.550. The smallest absolute Gasteiger partial charge is 0.410 e.